The molecule has 1 aromatic heterocycles. The third-order valence-electron chi connectivity index (χ3n) is 6.18. The van der Waals surface area contributed by atoms with Crippen LogP contribution in [0.4, 0.5) is 0 Å². The molecular weight excluding hydrogens is 418 g/mol. The number of nitrogens with zero attached hydrogens (tertiary/aromatic N) is 2. The Labute approximate surface area is 193 Å². The van der Waals surface area contributed by atoms with Gasteiger partial charge in [-0.15, -0.1) is 0 Å². The molecule has 4 rings (SSSR count). The molecule has 0 spiro atoms. The lowest BCUT2D eigenvalue weighted by atomic mass is 9.89. The van der Waals surface area contributed by atoms with Crippen molar-refractivity contribution in [2.75, 3.05) is 20.2 Å². The smallest absolute Gasteiger partial charge is 0.263 e. The Bertz CT molecular complexity index is 1160. The van der Waals surface area contributed by atoms with Crippen LogP contribution in [-0.4, -0.2) is 48.0 Å². The average molecular weight is 448 g/mol. The van der Waals surface area contributed by atoms with Crippen molar-refractivity contribution in [1.29, 1.82) is 0 Å². The molecule has 1 saturated heterocycles. The number of rotatable bonds is 7. The van der Waals surface area contributed by atoms with Crippen LogP contribution in [0.5, 0.6) is 11.5 Å². The molecule has 2 amide bonds. The molecular formula is C26H29N3O4. The van der Waals surface area contributed by atoms with Crippen molar-refractivity contribution in [3.8, 4) is 11.5 Å². The minimum absolute atomic E-state index is 0.0274. The second-order valence-electron chi connectivity index (χ2n) is 8.27. The van der Waals surface area contributed by atoms with E-state index in [0.29, 0.717) is 49.4 Å². The first-order valence-electron chi connectivity index (χ1n) is 11.3. The largest absolute Gasteiger partial charge is 0.497 e. The summed E-state index contributed by atoms with van der Waals surface area (Å²) in [5, 5.41) is 0.892. The van der Waals surface area contributed by atoms with Gasteiger partial charge in [0.2, 0.25) is 0 Å². The number of methoxy groups -OCH3 is 1. The van der Waals surface area contributed by atoms with E-state index in [1.807, 2.05) is 60.4 Å². The number of likely N-dealkylation sites (tertiary alicyclic amines) is 1. The van der Waals surface area contributed by atoms with E-state index in [0.717, 1.165) is 16.6 Å². The number of aromatic nitrogens is 1. The number of pyridine rings is 1. The summed E-state index contributed by atoms with van der Waals surface area (Å²) in [6.45, 7) is 3.09. The Balaban J connectivity index is 1.46. The van der Waals surface area contributed by atoms with Gasteiger partial charge in [0.15, 0.2) is 6.10 Å². The zero-order chi connectivity index (χ0) is 23.4. The van der Waals surface area contributed by atoms with Crippen LogP contribution in [0.3, 0.4) is 0 Å². The molecule has 7 heteroatoms. The molecule has 1 atom stereocenters. The highest BCUT2D eigenvalue weighted by atomic mass is 16.5. The van der Waals surface area contributed by atoms with Gasteiger partial charge in [0, 0.05) is 30.5 Å². The molecule has 2 heterocycles. The first-order chi connectivity index (χ1) is 16.0. The fourth-order valence-electron chi connectivity index (χ4n) is 4.36. The number of para-hydroxylation sites is 1. The monoisotopic (exact) mass is 447 g/mol. The lowest BCUT2D eigenvalue weighted by Crippen LogP contribution is -2.45. The summed E-state index contributed by atoms with van der Waals surface area (Å²) in [4.78, 5) is 31.9. The van der Waals surface area contributed by atoms with Crippen LogP contribution in [-0.2, 0) is 4.79 Å². The highest BCUT2D eigenvalue weighted by molar-refractivity contribution is 5.97. The van der Waals surface area contributed by atoms with Crippen molar-refractivity contribution in [3.63, 3.8) is 0 Å². The van der Waals surface area contributed by atoms with Crippen LogP contribution in [0.25, 0.3) is 10.9 Å². The molecule has 2 N–H and O–H groups in total. The molecule has 1 unspecified atom stereocenters. The maximum absolute atomic E-state index is 13.2. The van der Waals surface area contributed by atoms with Gasteiger partial charge in [-0.2, -0.15) is 0 Å². The lowest BCUT2D eigenvalue weighted by Gasteiger charge is -2.34. The fraction of sp³-hybridized carbons (Fsp3) is 0.346. The van der Waals surface area contributed by atoms with Crippen molar-refractivity contribution in [1.82, 2.24) is 9.88 Å². The SMILES string of the molecule is CCC(Oc1cccc(OC)c1)C(=O)N1CCC(c2nc3ccccc3cc2C(N)=O)CC1. The Hall–Kier alpha value is -3.61. The molecule has 1 aliphatic heterocycles. The molecule has 7 nitrogen and oxygen atoms in total. The second kappa shape index (κ2) is 9.90. The van der Waals surface area contributed by atoms with Crippen molar-refractivity contribution < 1.29 is 19.1 Å². The zero-order valence-corrected chi connectivity index (χ0v) is 19.0. The lowest BCUT2D eigenvalue weighted by molar-refractivity contribution is -0.140. The molecule has 3 aromatic rings. The molecule has 33 heavy (non-hydrogen) atoms. The van der Waals surface area contributed by atoms with Crippen LogP contribution in [0.2, 0.25) is 0 Å². The highest BCUT2D eigenvalue weighted by Crippen LogP contribution is 2.31. The van der Waals surface area contributed by atoms with Gasteiger partial charge in [-0.25, -0.2) is 0 Å². The number of carbonyl (C=O) groups is 2. The van der Waals surface area contributed by atoms with Crippen LogP contribution >= 0.6 is 0 Å². The minimum atomic E-state index is -0.561. The van der Waals surface area contributed by atoms with Crippen LogP contribution in [0.15, 0.2) is 54.6 Å². The molecule has 0 saturated carbocycles. The molecule has 0 radical (unpaired) electrons. The zero-order valence-electron chi connectivity index (χ0n) is 19.0. The number of benzene rings is 2. The Morgan fingerprint density at radius 1 is 1.09 bits per heavy atom. The van der Waals surface area contributed by atoms with Crippen LogP contribution < -0.4 is 15.2 Å². The van der Waals surface area contributed by atoms with Gasteiger partial charge < -0.3 is 20.1 Å². The molecule has 0 aliphatic carbocycles. The van der Waals surface area contributed by atoms with E-state index in [-0.39, 0.29) is 11.8 Å². The van der Waals surface area contributed by atoms with E-state index in [4.69, 9.17) is 20.2 Å². The first-order valence-corrected chi connectivity index (χ1v) is 11.3. The standard InChI is InChI=1S/C26H29N3O4/c1-3-23(33-20-9-6-8-19(16-20)32-2)26(31)29-13-11-17(12-14-29)24-21(25(27)30)15-18-7-4-5-10-22(18)28-24/h4-10,15-17,23H,3,11-14H2,1-2H3,(H2,27,30). The van der Waals surface area contributed by atoms with E-state index >= 15 is 0 Å². The number of fused-ring (bicyclic) bond motifs is 1. The summed E-state index contributed by atoms with van der Waals surface area (Å²) < 4.78 is 11.2. The predicted molar refractivity (Wildman–Crippen MR) is 127 cm³/mol. The number of amides is 2. The van der Waals surface area contributed by atoms with E-state index in [1.165, 1.54) is 0 Å². The minimum Gasteiger partial charge on any atom is -0.497 e. The van der Waals surface area contributed by atoms with E-state index in [1.54, 1.807) is 13.2 Å². The first kappa shape index (κ1) is 22.6. The molecule has 0 bridgehead atoms. The average Bonchev–Trinajstić information content (AvgIpc) is 2.86. The quantitative estimate of drug-likeness (QED) is 0.593. The van der Waals surface area contributed by atoms with Gasteiger partial charge in [0.1, 0.15) is 11.5 Å². The summed E-state index contributed by atoms with van der Waals surface area (Å²) in [6.07, 6.45) is 1.43. The molecule has 1 aliphatic rings. The third-order valence-corrected chi connectivity index (χ3v) is 6.18. The predicted octanol–water partition coefficient (Wildman–Crippen LogP) is 3.91. The highest BCUT2D eigenvalue weighted by Gasteiger charge is 2.31. The maximum atomic E-state index is 13.2. The van der Waals surface area contributed by atoms with Crippen LogP contribution in [0.1, 0.15) is 48.2 Å². The van der Waals surface area contributed by atoms with Gasteiger partial charge in [-0.3, -0.25) is 14.6 Å². The second-order valence-corrected chi connectivity index (χ2v) is 8.27. The number of piperidine rings is 1. The van der Waals surface area contributed by atoms with Crippen LogP contribution in [0, 0.1) is 0 Å². The Kier molecular flexibility index (Phi) is 6.77. The summed E-state index contributed by atoms with van der Waals surface area (Å²) in [5.41, 5.74) is 7.71. The summed E-state index contributed by atoms with van der Waals surface area (Å²) >= 11 is 0. The number of hydrogen-bond acceptors (Lipinski definition) is 5. The third kappa shape index (κ3) is 4.92. The van der Waals surface area contributed by atoms with E-state index in [2.05, 4.69) is 0 Å². The van der Waals surface area contributed by atoms with Crippen molar-refractivity contribution in [2.24, 2.45) is 5.73 Å². The number of ether oxygens (including phenoxy) is 2. The molecule has 1 fully saturated rings. The summed E-state index contributed by atoms with van der Waals surface area (Å²) in [7, 11) is 1.60. The van der Waals surface area contributed by atoms with Crippen molar-refractivity contribution >= 4 is 22.7 Å². The summed E-state index contributed by atoms with van der Waals surface area (Å²) in [6, 6.07) is 16.8. The van der Waals surface area contributed by atoms with Gasteiger partial charge in [-0.1, -0.05) is 31.2 Å². The summed E-state index contributed by atoms with van der Waals surface area (Å²) in [5.74, 6) is 0.861. The number of primary amides is 1. The van der Waals surface area contributed by atoms with Gasteiger partial charge in [0.25, 0.3) is 11.8 Å². The fourth-order valence-corrected chi connectivity index (χ4v) is 4.36. The van der Waals surface area contributed by atoms with E-state index < -0.39 is 12.0 Å². The van der Waals surface area contributed by atoms with Crippen molar-refractivity contribution in [3.05, 3.63) is 65.9 Å². The molecule has 172 valence electrons. The number of carbonyl (C=O) groups excluding carboxylic acids is 2. The van der Waals surface area contributed by atoms with Gasteiger partial charge in [-0.05, 0) is 43.5 Å². The maximum Gasteiger partial charge on any atom is 0.263 e. The Morgan fingerprint density at radius 2 is 1.82 bits per heavy atom. The van der Waals surface area contributed by atoms with E-state index in [9.17, 15) is 9.59 Å². The topological polar surface area (TPSA) is 94.8 Å². The number of hydrogen-bond donors (Lipinski definition) is 1. The van der Waals surface area contributed by atoms with Crippen molar-refractivity contribution in [2.45, 2.75) is 38.2 Å². The Morgan fingerprint density at radius 3 is 2.52 bits per heavy atom. The number of nitrogens with two attached hydrogens (primary N) is 1. The molecule has 2 aromatic carbocycles. The normalized spacial score (nSPS) is 15.3. The van der Waals surface area contributed by atoms with Gasteiger partial charge in [0.05, 0.1) is 23.9 Å². The van der Waals surface area contributed by atoms with Gasteiger partial charge >= 0.3 is 0 Å².